The number of benzene rings is 1. The molecule has 1 aliphatic heterocycles. The Morgan fingerprint density at radius 2 is 2.10 bits per heavy atom. The Hall–Kier alpha value is -1.37. The molecule has 114 valence electrons. The third-order valence-electron chi connectivity index (χ3n) is 3.38. The molecule has 7 heteroatoms. The van der Waals surface area contributed by atoms with E-state index in [0.717, 1.165) is 11.8 Å². The largest absolute Gasteiger partial charge is 0.291 e. The Labute approximate surface area is 129 Å². The van der Waals surface area contributed by atoms with Crippen LogP contribution in [0.15, 0.2) is 29.2 Å². The summed E-state index contributed by atoms with van der Waals surface area (Å²) in [5.41, 5.74) is 6.24. The van der Waals surface area contributed by atoms with Crippen LogP contribution < -0.4 is 10.9 Å². The van der Waals surface area contributed by atoms with Crippen molar-refractivity contribution in [3.8, 4) is 0 Å². The fraction of sp³-hybridized carbons (Fsp3) is 0.357. The second kappa shape index (κ2) is 6.17. The van der Waals surface area contributed by atoms with E-state index in [1.165, 1.54) is 12.1 Å². The minimum Gasteiger partial charge on any atom is -0.291 e. The first-order valence-electron chi connectivity index (χ1n) is 6.49. The monoisotopic (exact) mass is 328 g/mol. The molecule has 2 unspecified atom stereocenters. The molecule has 2 N–H and O–H groups in total. The van der Waals surface area contributed by atoms with Crippen molar-refractivity contribution in [1.82, 2.24) is 10.9 Å². The lowest BCUT2D eigenvalue weighted by atomic mass is 9.96. The molecule has 1 aliphatic rings. The van der Waals surface area contributed by atoms with E-state index >= 15 is 0 Å². The van der Waals surface area contributed by atoms with E-state index in [1.807, 2.05) is 19.1 Å². The molecular weight excluding hydrogens is 312 g/mol. The number of halogens is 1. The van der Waals surface area contributed by atoms with Crippen LogP contribution in [0.1, 0.15) is 18.9 Å². The molecule has 1 aromatic rings. The number of hydrogen-bond acceptors (Lipinski definition) is 4. The van der Waals surface area contributed by atoms with Crippen molar-refractivity contribution in [1.29, 1.82) is 0 Å². The minimum atomic E-state index is -3.26. The highest BCUT2D eigenvalue weighted by Gasteiger charge is 2.23. The van der Waals surface area contributed by atoms with Crippen LogP contribution in [-0.2, 0) is 14.6 Å². The average Bonchev–Trinajstić information content (AvgIpc) is 2.38. The first-order chi connectivity index (χ1) is 9.77. The second-order valence-electron chi connectivity index (χ2n) is 5.21. The van der Waals surface area contributed by atoms with Crippen molar-refractivity contribution in [2.24, 2.45) is 5.92 Å². The number of nitrogens with one attached hydrogen (secondary N) is 2. The third kappa shape index (κ3) is 4.06. The Kier molecular flexibility index (Phi) is 4.70. The zero-order valence-electron chi connectivity index (χ0n) is 11.8. The van der Waals surface area contributed by atoms with Gasteiger partial charge in [-0.25, -0.2) is 13.8 Å². The smallest absolute Gasteiger partial charge is 0.234 e. The molecule has 0 aromatic heterocycles. The van der Waals surface area contributed by atoms with E-state index in [2.05, 4.69) is 10.9 Å². The zero-order chi connectivity index (χ0) is 15.6. The molecular formula is C14H17ClN2O3S. The van der Waals surface area contributed by atoms with Crippen molar-refractivity contribution in [2.75, 3.05) is 6.26 Å². The summed E-state index contributed by atoms with van der Waals surface area (Å²) in [5.74, 6) is 0.145. The number of sulfone groups is 1. The summed E-state index contributed by atoms with van der Waals surface area (Å²) >= 11 is 6.11. The molecule has 0 saturated carbocycles. The summed E-state index contributed by atoms with van der Waals surface area (Å²) in [6, 6.07) is 4.64. The fourth-order valence-corrected chi connectivity index (χ4v) is 3.05. The maximum Gasteiger partial charge on any atom is 0.234 e. The minimum absolute atomic E-state index is 0.00773. The lowest BCUT2D eigenvalue weighted by Crippen LogP contribution is -2.52. The number of amides is 1. The Morgan fingerprint density at radius 3 is 2.67 bits per heavy atom. The van der Waals surface area contributed by atoms with Crippen LogP contribution in [0, 0.1) is 5.92 Å². The number of hydrazine groups is 1. The highest BCUT2D eigenvalue weighted by molar-refractivity contribution is 7.90. The van der Waals surface area contributed by atoms with E-state index in [1.54, 1.807) is 6.07 Å². The van der Waals surface area contributed by atoms with Gasteiger partial charge in [-0.15, -0.1) is 0 Å². The second-order valence-corrected chi connectivity index (χ2v) is 7.64. The van der Waals surface area contributed by atoms with Crippen LogP contribution in [0.3, 0.4) is 0 Å². The Balaban J connectivity index is 2.16. The Bertz CT molecular complexity index is 685. The summed E-state index contributed by atoms with van der Waals surface area (Å²) in [6.07, 6.45) is 5.33. The molecule has 1 fully saturated rings. The zero-order valence-corrected chi connectivity index (χ0v) is 13.3. The molecule has 21 heavy (non-hydrogen) atoms. The predicted octanol–water partition coefficient (Wildman–Crippen LogP) is 1.79. The maximum absolute atomic E-state index is 11.4. The topological polar surface area (TPSA) is 75.3 Å². The summed E-state index contributed by atoms with van der Waals surface area (Å²) in [5, 5.41) is 0.377. The van der Waals surface area contributed by atoms with Gasteiger partial charge in [0.1, 0.15) is 0 Å². The lowest BCUT2D eigenvalue weighted by molar-refractivity contribution is -0.125. The van der Waals surface area contributed by atoms with Gasteiger partial charge in [0.05, 0.1) is 4.90 Å². The first-order valence-corrected chi connectivity index (χ1v) is 8.76. The van der Waals surface area contributed by atoms with Gasteiger partial charge in [-0.2, -0.15) is 0 Å². The molecule has 2 atom stereocenters. The van der Waals surface area contributed by atoms with E-state index in [4.69, 9.17) is 11.6 Å². The van der Waals surface area contributed by atoms with Crippen LogP contribution in [0.4, 0.5) is 0 Å². The van der Waals surface area contributed by atoms with Crippen LogP contribution in [-0.4, -0.2) is 26.6 Å². The van der Waals surface area contributed by atoms with Crippen LogP contribution >= 0.6 is 11.6 Å². The van der Waals surface area contributed by atoms with Gasteiger partial charge in [-0.3, -0.25) is 10.2 Å². The number of rotatable bonds is 3. The number of hydrogen-bond donors (Lipinski definition) is 2. The normalized spacial score (nSPS) is 23.3. The van der Waals surface area contributed by atoms with Crippen molar-refractivity contribution in [3.63, 3.8) is 0 Å². The predicted molar refractivity (Wildman–Crippen MR) is 82.4 cm³/mol. The summed E-state index contributed by atoms with van der Waals surface area (Å²) in [7, 11) is -3.26. The lowest BCUT2D eigenvalue weighted by Gasteiger charge is -2.27. The molecule has 0 aliphatic carbocycles. The van der Waals surface area contributed by atoms with Gasteiger partial charge in [0.2, 0.25) is 5.91 Å². The van der Waals surface area contributed by atoms with Crippen molar-refractivity contribution < 1.29 is 13.2 Å². The van der Waals surface area contributed by atoms with Crippen LogP contribution in [0.2, 0.25) is 5.02 Å². The molecule has 0 radical (unpaired) electrons. The Morgan fingerprint density at radius 1 is 1.38 bits per heavy atom. The summed E-state index contributed by atoms with van der Waals surface area (Å²) < 4.78 is 22.9. The molecule has 0 spiro atoms. The molecule has 1 aromatic carbocycles. The maximum atomic E-state index is 11.4. The highest BCUT2D eigenvalue weighted by atomic mass is 35.5. The fourth-order valence-electron chi connectivity index (χ4n) is 2.10. The average molecular weight is 329 g/mol. The molecule has 2 rings (SSSR count). The molecule has 1 saturated heterocycles. The van der Waals surface area contributed by atoms with Gasteiger partial charge in [-0.1, -0.05) is 36.7 Å². The van der Waals surface area contributed by atoms with Crippen molar-refractivity contribution in [3.05, 3.63) is 34.9 Å². The van der Waals surface area contributed by atoms with E-state index in [9.17, 15) is 13.2 Å². The molecule has 1 amide bonds. The number of carbonyl (C=O) groups is 1. The molecule has 0 bridgehead atoms. The van der Waals surface area contributed by atoms with Gasteiger partial charge in [0.25, 0.3) is 0 Å². The van der Waals surface area contributed by atoms with Crippen molar-refractivity contribution in [2.45, 2.75) is 24.3 Å². The van der Waals surface area contributed by atoms with Crippen LogP contribution in [0.25, 0.3) is 6.08 Å². The van der Waals surface area contributed by atoms with Gasteiger partial charge in [0, 0.05) is 23.7 Å². The number of carbonyl (C=O) groups excluding carboxylic acids is 1. The van der Waals surface area contributed by atoms with Gasteiger partial charge >= 0.3 is 0 Å². The standard InChI is InChI=1S/C14H17ClN2O3S/c1-9-7-14(18)17-16-13(9)6-4-10-3-5-11(8-12(10)15)21(2,19)20/h3-6,8-9,13,16H,7H2,1-2H3,(H,17,18)/b6-4+. The highest BCUT2D eigenvalue weighted by Crippen LogP contribution is 2.23. The van der Waals surface area contributed by atoms with Crippen molar-refractivity contribution >= 4 is 33.4 Å². The van der Waals surface area contributed by atoms with Crippen LogP contribution in [0.5, 0.6) is 0 Å². The van der Waals surface area contributed by atoms with Gasteiger partial charge in [-0.05, 0) is 23.6 Å². The van der Waals surface area contributed by atoms with E-state index < -0.39 is 9.84 Å². The SMILES string of the molecule is CC1CC(=O)NNC1/C=C/c1ccc(S(C)(=O)=O)cc1Cl. The summed E-state index contributed by atoms with van der Waals surface area (Å²) in [4.78, 5) is 11.4. The molecule has 1 heterocycles. The van der Waals surface area contributed by atoms with Gasteiger partial charge in [0.15, 0.2) is 9.84 Å². The quantitative estimate of drug-likeness (QED) is 0.887. The summed E-state index contributed by atoms with van der Waals surface area (Å²) in [6.45, 7) is 1.98. The first kappa shape index (κ1) is 16.0. The van der Waals surface area contributed by atoms with E-state index in [-0.39, 0.29) is 22.8 Å². The molecule has 5 nitrogen and oxygen atoms in total. The van der Waals surface area contributed by atoms with Gasteiger partial charge < -0.3 is 0 Å². The third-order valence-corrected chi connectivity index (χ3v) is 4.82. The van der Waals surface area contributed by atoms with E-state index in [0.29, 0.717) is 11.4 Å².